The lowest BCUT2D eigenvalue weighted by atomic mass is 9.45. The highest BCUT2D eigenvalue weighted by molar-refractivity contribution is 5.84. The van der Waals surface area contributed by atoms with Crippen LogP contribution in [0, 0.1) is 16.7 Å². The lowest BCUT2D eigenvalue weighted by molar-refractivity contribution is -0.390. The lowest BCUT2D eigenvalue weighted by Gasteiger charge is -2.72. The largest absolute Gasteiger partial charge is 0.511 e. The molecule has 5 nitrogen and oxygen atoms in total. The van der Waals surface area contributed by atoms with Crippen LogP contribution in [0.5, 0.6) is 0 Å². The molecule has 0 aromatic heterocycles. The fourth-order valence-electron chi connectivity index (χ4n) is 13.0. The van der Waals surface area contributed by atoms with Crippen LogP contribution in [-0.2, 0) is 19.0 Å². The Bertz CT molecular complexity index is 1200. The Hall–Kier alpha value is -1.07. The van der Waals surface area contributed by atoms with Crippen molar-refractivity contribution in [3.63, 3.8) is 0 Å². The molecule has 1 saturated carbocycles. The van der Waals surface area contributed by atoms with E-state index < -0.39 is 23.3 Å². The average molecular weight is 869 g/mol. The summed E-state index contributed by atoms with van der Waals surface area (Å²) >= 11 is 0. The Morgan fingerprint density at radius 3 is 1.00 bits per heavy atom. The number of aliphatic hydroxyl groups excluding tert-OH is 1. The summed E-state index contributed by atoms with van der Waals surface area (Å²) in [4.78, 5) is 13.5. The molecule has 2 spiro atoms. The number of esters is 1. The SMILES string of the molecule is CCCCCCCCCCCCC1(CCCCCCCCCC)COC12CCC1(OCC1(CCCCCCCCCC)CCCCCCCCCCCC)C1C(O)=CC(=O)OC12. The van der Waals surface area contributed by atoms with E-state index in [0.29, 0.717) is 0 Å². The third kappa shape index (κ3) is 15.2. The molecule has 3 heterocycles. The van der Waals surface area contributed by atoms with Crippen molar-refractivity contribution in [2.75, 3.05) is 13.2 Å². The smallest absolute Gasteiger partial charge is 0.334 e. The first-order valence-electron chi connectivity index (χ1n) is 28.3. The van der Waals surface area contributed by atoms with Gasteiger partial charge in [-0.3, -0.25) is 0 Å². The highest BCUT2D eigenvalue weighted by atomic mass is 16.6. The van der Waals surface area contributed by atoms with Gasteiger partial charge in [0.25, 0.3) is 0 Å². The highest BCUT2D eigenvalue weighted by Crippen LogP contribution is 2.69. The molecule has 5 heteroatoms. The molecule has 4 aliphatic rings. The van der Waals surface area contributed by atoms with Crippen molar-refractivity contribution < 1.29 is 24.1 Å². The van der Waals surface area contributed by atoms with Gasteiger partial charge in [-0.25, -0.2) is 4.79 Å². The summed E-state index contributed by atoms with van der Waals surface area (Å²) in [6, 6.07) is 0. The molecule has 2 saturated heterocycles. The van der Waals surface area contributed by atoms with E-state index in [0.717, 1.165) is 51.7 Å². The average Bonchev–Trinajstić information content (AvgIpc) is 3.26. The molecule has 3 fully saturated rings. The van der Waals surface area contributed by atoms with Crippen LogP contribution in [0.3, 0.4) is 0 Å². The van der Waals surface area contributed by atoms with Gasteiger partial charge in [0, 0.05) is 10.8 Å². The monoisotopic (exact) mass is 869 g/mol. The van der Waals surface area contributed by atoms with Crippen LogP contribution in [-0.4, -0.2) is 41.6 Å². The van der Waals surface area contributed by atoms with Crippen molar-refractivity contribution in [2.45, 2.75) is 315 Å². The Morgan fingerprint density at radius 2 is 0.710 bits per heavy atom. The molecule has 62 heavy (non-hydrogen) atoms. The van der Waals surface area contributed by atoms with Gasteiger partial charge in [0.05, 0.1) is 30.8 Å². The highest BCUT2D eigenvalue weighted by Gasteiger charge is 2.77. The van der Waals surface area contributed by atoms with Gasteiger partial charge in [-0.05, 0) is 38.5 Å². The number of hydrogen-bond donors (Lipinski definition) is 1. The summed E-state index contributed by atoms with van der Waals surface area (Å²) in [7, 11) is 0. The minimum Gasteiger partial charge on any atom is -0.511 e. The standard InChI is InChI=1S/C57H104O5/c1-5-9-13-17-21-25-27-31-34-38-42-54(41-37-33-29-23-19-15-11-7-3)48-60-56(54)45-46-57(53-52(56)50(58)47-51(59)62-53)55(49-61-57,43-39-35-30-24-20-16-12-8-4)44-40-36-32-28-26-22-18-14-10-6-2/h47,52-53,58H,5-46,48-49H2,1-4H3. The second-order valence-electron chi connectivity index (χ2n) is 21.6. The summed E-state index contributed by atoms with van der Waals surface area (Å²) in [5, 5.41) is 12.1. The molecule has 0 aromatic carbocycles. The van der Waals surface area contributed by atoms with Crippen LogP contribution in [0.2, 0.25) is 0 Å². The molecule has 0 aromatic rings. The second kappa shape index (κ2) is 30.3. The Balaban J connectivity index is 1.48. The van der Waals surface area contributed by atoms with Gasteiger partial charge in [0.15, 0.2) is 0 Å². The third-order valence-corrected chi connectivity index (χ3v) is 17.0. The number of fused-ring (bicyclic) bond motifs is 3. The zero-order valence-electron chi connectivity index (χ0n) is 41.9. The zero-order valence-corrected chi connectivity index (χ0v) is 41.9. The minimum absolute atomic E-state index is 0.00613. The maximum atomic E-state index is 13.5. The van der Waals surface area contributed by atoms with Crippen LogP contribution >= 0.6 is 0 Å². The molecule has 1 aliphatic carbocycles. The van der Waals surface area contributed by atoms with Crippen LogP contribution < -0.4 is 0 Å². The topological polar surface area (TPSA) is 65.0 Å². The summed E-state index contributed by atoms with van der Waals surface area (Å²) in [6.07, 6.45) is 55.2. The summed E-state index contributed by atoms with van der Waals surface area (Å²) in [6.45, 7) is 10.7. The van der Waals surface area contributed by atoms with Crippen LogP contribution in [0.1, 0.15) is 297 Å². The van der Waals surface area contributed by atoms with Gasteiger partial charge in [-0.2, -0.15) is 0 Å². The normalized spacial score (nSPS) is 27.9. The molecule has 4 rings (SSSR count). The first-order valence-corrected chi connectivity index (χ1v) is 28.3. The molecule has 6 unspecified atom stereocenters. The molecular weight excluding hydrogens is 765 g/mol. The molecular formula is C57H104O5. The Morgan fingerprint density at radius 1 is 0.435 bits per heavy atom. The van der Waals surface area contributed by atoms with E-state index >= 15 is 0 Å². The van der Waals surface area contributed by atoms with Crippen LogP contribution in [0.25, 0.3) is 0 Å². The Kier molecular flexibility index (Phi) is 26.1. The first-order chi connectivity index (χ1) is 30.4. The van der Waals surface area contributed by atoms with Gasteiger partial charge in [-0.1, -0.05) is 259 Å². The van der Waals surface area contributed by atoms with Gasteiger partial charge in [0.1, 0.15) is 17.5 Å². The van der Waals surface area contributed by atoms with Crippen molar-refractivity contribution in [3.8, 4) is 0 Å². The van der Waals surface area contributed by atoms with Gasteiger partial charge in [0.2, 0.25) is 0 Å². The Labute approximate surface area is 385 Å². The van der Waals surface area contributed by atoms with E-state index in [4.69, 9.17) is 14.2 Å². The summed E-state index contributed by atoms with van der Waals surface area (Å²) in [5.41, 5.74) is -1.04. The second-order valence-corrected chi connectivity index (χ2v) is 21.6. The number of carbonyl (C=O) groups is 1. The number of rotatable bonds is 40. The minimum atomic E-state index is -0.540. The summed E-state index contributed by atoms with van der Waals surface area (Å²) < 4.78 is 20.6. The molecule has 6 atom stereocenters. The van der Waals surface area contributed by atoms with Crippen molar-refractivity contribution >= 4 is 5.97 Å². The van der Waals surface area contributed by atoms with E-state index in [2.05, 4.69) is 27.7 Å². The van der Waals surface area contributed by atoms with E-state index in [9.17, 15) is 9.90 Å². The number of hydrogen-bond acceptors (Lipinski definition) is 5. The van der Waals surface area contributed by atoms with E-state index in [1.807, 2.05) is 0 Å². The first kappa shape index (κ1) is 53.5. The maximum Gasteiger partial charge on any atom is 0.334 e. The van der Waals surface area contributed by atoms with Crippen LogP contribution in [0.15, 0.2) is 11.8 Å². The van der Waals surface area contributed by atoms with E-state index in [1.165, 1.54) is 237 Å². The number of aliphatic hydroxyl groups is 1. The molecule has 3 aliphatic heterocycles. The van der Waals surface area contributed by atoms with Crippen molar-refractivity contribution in [3.05, 3.63) is 11.8 Å². The fourth-order valence-corrected chi connectivity index (χ4v) is 13.0. The van der Waals surface area contributed by atoms with Crippen molar-refractivity contribution in [1.82, 2.24) is 0 Å². The van der Waals surface area contributed by atoms with Crippen LogP contribution in [0.4, 0.5) is 0 Å². The molecule has 0 radical (unpaired) electrons. The lowest BCUT2D eigenvalue weighted by Crippen LogP contribution is -2.80. The van der Waals surface area contributed by atoms with Gasteiger partial charge in [-0.15, -0.1) is 0 Å². The molecule has 0 amide bonds. The number of unbranched alkanes of at least 4 members (excludes halogenated alkanes) is 32. The number of ether oxygens (including phenoxy) is 3. The third-order valence-electron chi connectivity index (χ3n) is 17.0. The number of carbonyl (C=O) groups excluding carboxylic acids is 1. The maximum absolute atomic E-state index is 13.5. The summed E-state index contributed by atoms with van der Waals surface area (Å²) in [5.74, 6) is -0.520. The van der Waals surface area contributed by atoms with Crippen molar-refractivity contribution in [2.24, 2.45) is 16.7 Å². The van der Waals surface area contributed by atoms with E-state index in [1.54, 1.807) is 0 Å². The molecule has 362 valence electrons. The predicted molar refractivity (Wildman–Crippen MR) is 263 cm³/mol. The predicted octanol–water partition coefficient (Wildman–Crippen LogP) is 18.0. The van der Waals surface area contributed by atoms with Gasteiger partial charge >= 0.3 is 5.97 Å². The zero-order chi connectivity index (χ0) is 44.3. The molecule has 0 bridgehead atoms. The van der Waals surface area contributed by atoms with E-state index in [-0.39, 0.29) is 22.5 Å². The van der Waals surface area contributed by atoms with Crippen molar-refractivity contribution in [1.29, 1.82) is 0 Å². The van der Waals surface area contributed by atoms with Gasteiger partial charge < -0.3 is 19.3 Å². The quantitative estimate of drug-likeness (QED) is 0.0491. The molecule has 1 N–H and O–H groups in total. The fraction of sp³-hybridized carbons (Fsp3) is 0.947.